The van der Waals surface area contributed by atoms with Crippen LogP contribution >= 0.6 is 0 Å². The highest BCUT2D eigenvalue weighted by atomic mass is 16.2. The van der Waals surface area contributed by atoms with Crippen molar-refractivity contribution in [2.24, 2.45) is 11.7 Å². The highest BCUT2D eigenvalue weighted by Gasteiger charge is 2.34. The van der Waals surface area contributed by atoms with Crippen molar-refractivity contribution in [3.8, 4) is 0 Å². The Morgan fingerprint density at radius 2 is 2.00 bits per heavy atom. The van der Waals surface area contributed by atoms with Crippen molar-refractivity contribution >= 4 is 5.91 Å². The molecule has 0 bridgehead atoms. The molecule has 3 unspecified atom stereocenters. The Morgan fingerprint density at radius 1 is 1.26 bits per heavy atom. The maximum atomic E-state index is 12.5. The molecule has 19 heavy (non-hydrogen) atoms. The Bertz CT molecular complexity index is 304. The van der Waals surface area contributed by atoms with Gasteiger partial charge in [-0.1, -0.05) is 20.3 Å². The molecule has 2 rings (SSSR count). The fourth-order valence-electron chi connectivity index (χ4n) is 3.69. The van der Waals surface area contributed by atoms with Gasteiger partial charge in [0.2, 0.25) is 5.91 Å². The van der Waals surface area contributed by atoms with Crippen LogP contribution in [-0.2, 0) is 4.79 Å². The van der Waals surface area contributed by atoms with Gasteiger partial charge in [0.05, 0.1) is 0 Å². The minimum Gasteiger partial charge on any atom is -0.341 e. The van der Waals surface area contributed by atoms with E-state index in [-0.39, 0.29) is 12.0 Å². The van der Waals surface area contributed by atoms with Gasteiger partial charge < -0.3 is 10.6 Å². The van der Waals surface area contributed by atoms with Gasteiger partial charge in [-0.3, -0.25) is 9.69 Å². The molecule has 110 valence electrons. The first-order valence-corrected chi connectivity index (χ1v) is 7.94. The molecule has 1 saturated carbocycles. The van der Waals surface area contributed by atoms with Crippen molar-refractivity contribution < 1.29 is 4.79 Å². The number of hydrogen-bond acceptors (Lipinski definition) is 3. The number of carbonyl (C=O) groups excluding carboxylic acids is 1. The van der Waals surface area contributed by atoms with Crippen molar-refractivity contribution in [3.63, 3.8) is 0 Å². The molecule has 1 saturated heterocycles. The molecule has 2 N–H and O–H groups in total. The summed E-state index contributed by atoms with van der Waals surface area (Å²) in [6.45, 7) is 8.43. The largest absolute Gasteiger partial charge is 0.341 e. The Hall–Kier alpha value is -0.610. The maximum Gasteiger partial charge on any atom is 0.225 e. The summed E-state index contributed by atoms with van der Waals surface area (Å²) in [4.78, 5) is 17.1. The minimum absolute atomic E-state index is 0.194. The second-order valence-electron chi connectivity index (χ2n) is 6.07. The van der Waals surface area contributed by atoms with E-state index in [0.717, 1.165) is 58.3 Å². The van der Waals surface area contributed by atoms with Crippen LogP contribution in [0.25, 0.3) is 0 Å². The summed E-state index contributed by atoms with van der Waals surface area (Å²) in [6.07, 6.45) is 5.27. The van der Waals surface area contributed by atoms with E-state index in [9.17, 15) is 4.79 Å². The first-order chi connectivity index (χ1) is 9.15. The standard InChI is InChI=1S/C15H29N3O/c1-3-17(4-2)14-8-9-18(11-14)15(19)12-6-5-7-13(16)10-12/h12-14H,3-11,16H2,1-2H3. The second kappa shape index (κ2) is 6.71. The number of hydrogen-bond donors (Lipinski definition) is 1. The zero-order valence-corrected chi connectivity index (χ0v) is 12.5. The first kappa shape index (κ1) is 14.8. The van der Waals surface area contributed by atoms with E-state index >= 15 is 0 Å². The lowest BCUT2D eigenvalue weighted by molar-refractivity contribution is -0.135. The van der Waals surface area contributed by atoms with Gasteiger partial charge in [-0.2, -0.15) is 0 Å². The summed E-state index contributed by atoms with van der Waals surface area (Å²) < 4.78 is 0. The van der Waals surface area contributed by atoms with Crippen LogP contribution in [0, 0.1) is 5.92 Å². The van der Waals surface area contributed by atoms with Crippen molar-refractivity contribution in [3.05, 3.63) is 0 Å². The Morgan fingerprint density at radius 3 is 2.63 bits per heavy atom. The van der Waals surface area contributed by atoms with E-state index in [1.807, 2.05) is 0 Å². The van der Waals surface area contributed by atoms with Gasteiger partial charge in [-0.25, -0.2) is 0 Å². The van der Waals surface area contributed by atoms with Crippen LogP contribution in [0.1, 0.15) is 46.0 Å². The highest BCUT2D eigenvalue weighted by molar-refractivity contribution is 5.79. The summed E-state index contributed by atoms with van der Waals surface area (Å²) in [7, 11) is 0. The molecule has 0 aromatic carbocycles. The van der Waals surface area contributed by atoms with Gasteiger partial charge in [0, 0.05) is 31.1 Å². The number of nitrogens with zero attached hydrogens (tertiary/aromatic N) is 2. The van der Waals surface area contributed by atoms with Crippen LogP contribution in [0.2, 0.25) is 0 Å². The predicted molar refractivity (Wildman–Crippen MR) is 77.8 cm³/mol. The molecular weight excluding hydrogens is 238 g/mol. The van der Waals surface area contributed by atoms with Gasteiger partial charge >= 0.3 is 0 Å². The fourth-order valence-corrected chi connectivity index (χ4v) is 3.69. The molecule has 1 amide bonds. The Balaban J connectivity index is 1.87. The van der Waals surface area contributed by atoms with E-state index in [1.165, 1.54) is 0 Å². The molecule has 4 heteroatoms. The summed E-state index contributed by atoms with van der Waals surface area (Å²) in [6, 6.07) is 0.806. The van der Waals surface area contributed by atoms with Crippen molar-refractivity contribution in [2.75, 3.05) is 26.2 Å². The normalized spacial score (nSPS) is 32.0. The third kappa shape index (κ3) is 3.48. The molecule has 0 spiro atoms. The first-order valence-electron chi connectivity index (χ1n) is 7.94. The number of carbonyl (C=O) groups is 1. The summed E-state index contributed by atoms with van der Waals surface area (Å²) in [5.74, 6) is 0.559. The van der Waals surface area contributed by atoms with E-state index < -0.39 is 0 Å². The monoisotopic (exact) mass is 267 g/mol. The van der Waals surface area contributed by atoms with Crippen LogP contribution in [0.15, 0.2) is 0 Å². The Kier molecular flexibility index (Phi) is 5.22. The average Bonchev–Trinajstić information content (AvgIpc) is 2.89. The van der Waals surface area contributed by atoms with E-state index in [2.05, 4.69) is 23.6 Å². The molecule has 0 aromatic heterocycles. The molecule has 1 aliphatic carbocycles. The molecule has 4 nitrogen and oxygen atoms in total. The molecule has 2 fully saturated rings. The molecule has 3 atom stereocenters. The van der Waals surface area contributed by atoms with Gasteiger partial charge in [0.1, 0.15) is 0 Å². The van der Waals surface area contributed by atoms with Crippen molar-refractivity contribution in [1.82, 2.24) is 9.80 Å². The molecule has 0 radical (unpaired) electrons. The maximum absolute atomic E-state index is 12.5. The predicted octanol–water partition coefficient (Wildman–Crippen LogP) is 1.45. The molecule has 1 aliphatic heterocycles. The van der Waals surface area contributed by atoms with Gasteiger partial charge in [-0.15, -0.1) is 0 Å². The van der Waals surface area contributed by atoms with Crippen LogP contribution in [-0.4, -0.2) is 54.0 Å². The lowest BCUT2D eigenvalue weighted by Crippen LogP contribution is -2.42. The lowest BCUT2D eigenvalue weighted by Gasteiger charge is -2.30. The topological polar surface area (TPSA) is 49.6 Å². The molecule has 0 aromatic rings. The third-order valence-electron chi connectivity index (χ3n) is 4.87. The number of likely N-dealkylation sites (tertiary alicyclic amines) is 1. The molecule has 2 aliphatic rings. The third-order valence-corrected chi connectivity index (χ3v) is 4.87. The summed E-state index contributed by atoms with van der Waals surface area (Å²) in [5, 5.41) is 0. The van der Waals surface area contributed by atoms with Crippen molar-refractivity contribution in [1.29, 1.82) is 0 Å². The number of nitrogens with two attached hydrogens (primary N) is 1. The molecular formula is C15H29N3O. The van der Waals surface area contributed by atoms with Gasteiger partial charge in [0.15, 0.2) is 0 Å². The zero-order chi connectivity index (χ0) is 13.8. The lowest BCUT2D eigenvalue weighted by atomic mass is 9.85. The summed E-state index contributed by atoms with van der Waals surface area (Å²) in [5.41, 5.74) is 6.00. The second-order valence-corrected chi connectivity index (χ2v) is 6.07. The van der Waals surface area contributed by atoms with E-state index in [4.69, 9.17) is 5.73 Å². The van der Waals surface area contributed by atoms with Crippen LogP contribution in [0.5, 0.6) is 0 Å². The SMILES string of the molecule is CCN(CC)C1CCN(C(=O)C2CCCC(N)C2)C1. The van der Waals surface area contributed by atoms with E-state index in [1.54, 1.807) is 0 Å². The quantitative estimate of drug-likeness (QED) is 0.838. The zero-order valence-electron chi connectivity index (χ0n) is 12.5. The number of amides is 1. The Labute approximate surface area is 117 Å². The van der Waals surface area contributed by atoms with Crippen LogP contribution in [0.4, 0.5) is 0 Å². The van der Waals surface area contributed by atoms with E-state index in [0.29, 0.717) is 11.9 Å². The average molecular weight is 267 g/mol. The number of likely N-dealkylation sites (N-methyl/N-ethyl adjacent to an activating group) is 1. The number of rotatable bonds is 4. The minimum atomic E-state index is 0.194. The van der Waals surface area contributed by atoms with Gasteiger partial charge in [0.25, 0.3) is 0 Å². The summed E-state index contributed by atoms with van der Waals surface area (Å²) >= 11 is 0. The fraction of sp³-hybridized carbons (Fsp3) is 0.933. The van der Waals surface area contributed by atoms with Crippen molar-refractivity contribution in [2.45, 2.75) is 58.0 Å². The smallest absolute Gasteiger partial charge is 0.225 e. The molecule has 1 heterocycles. The van der Waals surface area contributed by atoms with Gasteiger partial charge in [-0.05, 0) is 38.8 Å². The van der Waals surface area contributed by atoms with Crippen LogP contribution in [0.3, 0.4) is 0 Å². The van der Waals surface area contributed by atoms with Crippen LogP contribution < -0.4 is 5.73 Å². The highest BCUT2D eigenvalue weighted by Crippen LogP contribution is 2.27.